The normalized spacial score (nSPS) is 16.1. The molecule has 1 saturated carbocycles. The molecule has 0 amide bonds. The molecule has 0 radical (unpaired) electrons. The van der Waals surface area contributed by atoms with Crippen molar-refractivity contribution in [2.24, 2.45) is 0 Å². The molecule has 1 aromatic heterocycles. The number of hydrogen-bond acceptors (Lipinski definition) is 5. The van der Waals surface area contributed by atoms with Crippen LogP contribution in [0, 0.1) is 11.8 Å². The van der Waals surface area contributed by atoms with Crippen LogP contribution in [0.15, 0.2) is 52.9 Å². The van der Waals surface area contributed by atoms with Gasteiger partial charge in [-0.25, -0.2) is 4.98 Å². The zero-order valence-electron chi connectivity index (χ0n) is 20.0. The fourth-order valence-corrected chi connectivity index (χ4v) is 4.55. The van der Waals surface area contributed by atoms with Crippen molar-refractivity contribution in [3.63, 3.8) is 0 Å². The molecule has 1 fully saturated rings. The Balaban J connectivity index is 1.16. The van der Waals surface area contributed by atoms with E-state index < -0.39 is 5.97 Å². The third-order valence-electron chi connectivity index (χ3n) is 6.53. The number of aromatic nitrogens is 1. The Labute approximate surface area is 205 Å². The molecule has 6 nitrogen and oxygen atoms in total. The number of oxazole rings is 1. The van der Waals surface area contributed by atoms with E-state index in [4.69, 9.17) is 19.2 Å². The number of rotatable bonds is 9. The van der Waals surface area contributed by atoms with Gasteiger partial charge in [-0.3, -0.25) is 9.69 Å². The van der Waals surface area contributed by atoms with Crippen LogP contribution in [-0.2, 0) is 30.9 Å². The molecule has 2 aromatic carbocycles. The summed E-state index contributed by atoms with van der Waals surface area (Å²) < 4.78 is 12.0. The molecule has 6 heteroatoms. The van der Waals surface area contributed by atoms with Crippen molar-refractivity contribution in [3.05, 3.63) is 82.6 Å². The molecule has 1 aliphatic heterocycles. The van der Waals surface area contributed by atoms with E-state index >= 15 is 0 Å². The summed E-state index contributed by atoms with van der Waals surface area (Å²) in [6.45, 7) is 4.88. The van der Waals surface area contributed by atoms with Crippen LogP contribution in [0.1, 0.15) is 72.1 Å². The number of nitrogens with zero attached hydrogens (tertiary/aromatic N) is 2. The molecule has 1 atom stereocenters. The number of carboxylic acids is 1. The average Bonchev–Trinajstić information content (AvgIpc) is 3.62. The lowest BCUT2D eigenvalue weighted by atomic mass is 9.96. The largest absolute Gasteiger partial charge is 0.489 e. The van der Waals surface area contributed by atoms with Crippen LogP contribution in [0.25, 0.3) is 0 Å². The lowest BCUT2D eigenvalue weighted by Gasteiger charge is -2.25. The van der Waals surface area contributed by atoms with Gasteiger partial charge in [0, 0.05) is 32.0 Å². The van der Waals surface area contributed by atoms with Crippen LogP contribution >= 0.6 is 0 Å². The maximum Gasteiger partial charge on any atom is 0.304 e. The van der Waals surface area contributed by atoms with Gasteiger partial charge in [0.25, 0.3) is 0 Å². The van der Waals surface area contributed by atoms with Gasteiger partial charge in [-0.05, 0) is 48.6 Å². The molecule has 2 aliphatic rings. The topological polar surface area (TPSA) is 75.8 Å². The first-order valence-corrected chi connectivity index (χ1v) is 12.2. The van der Waals surface area contributed by atoms with Gasteiger partial charge in [0.1, 0.15) is 18.1 Å². The van der Waals surface area contributed by atoms with Gasteiger partial charge in [-0.2, -0.15) is 0 Å². The highest BCUT2D eigenvalue weighted by Gasteiger charge is 2.31. The van der Waals surface area contributed by atoms with Crippen LogP contribution in [-0.4, -0.2) is 27.5 Å². The van der Waals surface area contributed by atoms with Crippen molar-refractivity contribution >= 4 is 5.97 Å². The third-order valence-corrected chi connectivity index (χ3v) is 6.53. The molecule has 1 aliphatic carbocycles. The molecular weight excluding hydrogens is 440 g/mol. The van der Waals surface area contributed by atoms with E-state index in [0.717, 1.165) is 60.3 Å². The van der Waals surface area contributed by atoms with Gasteiger partial charge < -0.3 is 14.3 Å². The molecule has 180 valence electrons. The molecule has 3 aromatic rings. The van der Waals surface area contributed by atoms with E-state index in [0.29, 0.717) is 12.5 Å². The third kappa shape index (κ3) is 5.93. The Hall–Kier alpha value is -3.56. The molecule has 0 bridgehead atoms. The highest BCUT2D eigenvalue weighted by Crippen LogP contribution is 2.40. The summed E-state index contributed by atoms with van der Waals surface area (Å²) in [5.74, 6) is 7.96. The highest BCUT2D eigenvalue weighted by atomic mass is 16.5. The SMILES string of the molecule is CC#CC(CC(=O)O)c1ccc(OCc2cccc(CN3CCc4oc(C5CC5)nc4C3)c2)cc1. The van der Waals surface area contributed by atoms with Crippen molar-refractivity contribution in [1.82, 2.24) is 9.88 Å². The van der Waals surface area contributed by atoms with Gasteiger partial charge in [-0.1, -0.05) is 42.3 Å². The summed E-state index contributed by atoms with van der Waals surface area (Å²) in [6, 6.07) is 16.1. The second-order valence-electron chi connectivity index (χ2n) is 9.38. The Morgan fingerprint density at radius 1 is 1.23 bits per heavy atom. The molecule has 0 saturated heterocycles. The van der Waals surface area contributed by atoms with Crippen LogP contribution in [0.2, 0.25) is 0 Å². The fourth-order valence-electron chi connectivity index (χ4n) is 4.55. The minimum Gasteiger partial charge on any atom is -0.489 e. The molecule has 1 unspecified atom stereocenters. The molecule has 0 spiro atoms. The zero-order valence-corrected chi connectivity index (χ0v) is 20.0. The number of hydrogen-bond donors (Lipinski definition) is 1. The first kappa shape index (κ1) is 23.2. The van der Waals surface area contributed by atoms with Crippen molar-refractivity contribution in [1.29, 1.82) is 0 Å². The summed E-state index contributed by atoms with van der Waals surface area (Å²) in [4.78, 5) is 18.3. The van der Waals surface area contributed by atoms with E-state index in [2.05, 4.69) is 41.0 Å². The lowest BCUT2D eigenvalue weighted by molar-refractivity contribution is -0.137. The van der Waals surface area contributed by atoms with E-state index in [9.17, 15) is 4.79 Å². The number of aliphatic carboxylic acids is 1. The molecule has 5 rings (SSSR count). The van der Waals surface area contributed by atoms with E-state index in [1.807, 2.05) is 24.3 Å². The summed E-state index contributed by atoms with van der Waals surface area (Å²) in [6.07, 6.45) is 3.33. The monoisotopic (exact) mass is 470 g/mol. The molecular formula is C29H30N2O4. The van der Waals surface area contributed by atoms with Gasteiger partial charge in [-0.15, -0.1) is 5.92 Å². The van der Waals surface area contributed by atoms with Gasteiger partial charge in [0.05, 0.1) is 18.0 Å². The predicted octanol–water partition coefficient (Wildman–Crippen LogP) is 5.27. The van der Waals surface area contributed by atoms with Crippen molar-refractivity contribution in [2.45, 2.75) is 64.1 Å². The fraction of sp³-hybridized carbons (Fsp3) is 0.379. The average molecular weight is 471 g/mol. The minimum atomic E-state index is -0.855. The predicted molar refractivity (Wildman–Crippen MR) is 132 cm³/mol. The number of carbonyl (C=O) groups is 1. The van der Waals surface area contributed by atoms with Crippen molar-refractivity contribution in [3.8, 4) is 17.6 Å². The number of ether oxygens (including phenoxy) is 1. The van der Waals surface area contributed by atoms with Gasteiger partial charge in [0.2, 0.25) is 0 Å². The molecule has 1 N–H and O–H groups in total. The molecule has 2 heterocycles. The van der Waals surface area contributed by atoms with Crippen molar-refractivity contribution in [2.75, 3.05) is 6.54 Å². The van der Waals surface area contributed by atoms with E-state index in [-0.39, 0.29) is 12.3 Å². The van der Waals surface area contributed by atoms with Crippen molar-refractivity contribution < 1.29 is 19.1 Å². The lowest BCUT2D eigenvalue weighted by Crippen LogP contribution is -2.29. The Bertz CT molecular complexity index is 1250. The van der Waals surface area contributed by atoms with Gasteiger partial charge in [0.15, 0.2) is 5.89 Å². The Morgan fingerprint density at radius 3 is 2.77 bits per heavy atom. The number of carboxylic acid groups (broad SMARTS) is 1. The summed E-state index contributed by atoms with van der Waals surface area (Å²) in [7, 11) is 0. The summed E-state index contributed by atoms with van der Waals surface area (Å²) in [5.41, 5.74) is 4.36. The highest BCUT2D eigenvalue weighted by molar-refractivity contribution is 5.69. The first-order chi connectivity index (χ1) is 17.1. The van der Waals surface area contributed by atoms with E-state index in [1.54, 1.807) is 6.92 Å². The van der Waals surface area contributed by atoms with Crippen LogP contribution < -0.4 is 4.74 Å². The second kappa shape index (κ2) is 10.4. The maximum atomic E-state index is 11.1. The number of benzene rings is 2. The standard InChI is InChI=1S/C29H30N2O4/c1-2-4-24(16-28(32)33)22-9-11-25(12-10-22)34-19-21-6-3-5-20(15-21)17-31-14-13-27-26(18-31)30-29(35-27)23-7-8-23/h3,5-6,9-12,15,23-24H,7-8,13-14,16-19H2,1H3,(H,32,33). The Morgan fingerprint density at radius 2 is 2.03 bits per heavy atom. The zero-order chi connectivity index (χ0) is 24.2. The molecule has 35 heavy (non-hydrogen) atoms. The maximum absolute atomic E-state index is 11.1. The number of fused-ring (bicyclic) bond motifs is 1. The quantitative estimate of drug-likeness (QED) is 0.430. The summed E-state index contributed by atoms with van der Waals surface area (Å²) >= 11 is 0. The summed E-state index contributed by atoms with van der Waals surface area (Å²) in [5, 5.41) is 9.13. The van der Waals surface area contributed by atoms with E-state index in [1.165, 1.54) is 18.4 Å². The van der Waals surface area contributed by atoms with Crippen LogP contribution in [0.4, 0.5) is 0 Å². The Kier molecular flexibility index (Phi) is 6.87. The first-order valence-electron chi connectivity index (χ1n) is 12.2. The smallest absolute Gasteiger partial charge is 0.304 e. The van der Waals surface area contributed by atoms with Gasteiger partial charge >= 0.3 is 5.97 Å². The van der Waals surface area contributed by atoms with Crippen LogP contribution in [0.3, 0.4) is 0 Å². The second-order valence-corrected chi connectivity index (χ2v) is 9.38. The minimum absolute atomic E-state index is 0.00942. The van der Waals surface area contributed by atoms with Crippen LogP contribution in [0.5, 0.6) is 5.75 Å².